The minimum absolute atomic E-state index is 0.191. The van der Waals surface area contributed by atoms with Crippen molar-refractivity contribution in [1.82, 2.24) is 9.78 Å². The van der Waals surface area contributed by atoms with Gasteiger partial charge in [0.25, 0.3) is 0 Å². The summed E-state index contributed by atoms with van der Waals surface area (Å²) in [4.78, 5) is 38.1. The molecule has 0 aliphatic heterocycles. The van der Waals surface area contributed by atoms with E-state index in [4.69, 9.17) is 9.47 Å². The normalized spacial score (nSPS) is 11.8. The van der Waals surface area contributed by atoms with Crippen LogP contribution in [0, 0.1) is 26.7 Å². The van der Waals surface area contributed by atoms with Gasteiger partial charge in [-0.15, -0.1) is 11.3 Å². The maximum absolute atomic E-state index is 12.9. The van der Waals surface area contributed by atoms with Gasteiger partial charge in [-0.2, -0.15) is 5.10 Å². The Labute approximate surface area is 194 Å². The van der Waals surface area contributed by atoms with Crippen LogP contribution in [0.25, 0.3) is 0 Å². The molecule has 170 valence electrons. The van der Waals surface area contributed by atoms with Crippen LogP contribution in [0.4, 0.5) is 5.00 Å². The van der Waals surface area contributed by atoms with Gasteiger partial charge < -0.3 is 14.8 Å². The number of nitrogens with zero attached hydrogens (tertiary/aromatic N) is 2. The van der Waals surface area contributed by atoms with Crippen LogP contribution in [0.15, 0.2) is 4.47 Å². The van der Waals surface area contributed by atoms with Gasteiger partial charge in [-0.1, -0.05) is 13.8 Å². The molecule has 0 fully saturated rings. The van der Waals surface area contributed by atoms with Crippen LogP contribution < -0.4 is 5.32 Å². The second kappa shape index (κ2) is 10.9. The minimum Gasteiger partial charge on any atom is -0.462 e. The lowest BCUT2D eigenvalue weighted by Crippen LogP contribution is -2.25. The molecule has 0 spiro atoms. The third kappa shape index (κ3) is 5.74. The fraction of sp³-hybridized carbons (Fsp3) is 0.524. The van der Waals surface area contributed by atoms with Crippen molar-refractivity contribution in [2.24, 2.45) is 5.92 Å². The lowest BCUT2D eigenvalue weighted by molar-refractivity contribution is -0.119. The zero-order valence-electron chi connectivity index (χ0n) is 18.6. The molecule has 10 heteroatoms. The predicted octanol–water partition coefficient (Wildman–Crippen LogP) is 4.65. The molecular weight excluding hydrogens is 486 g/mol. The van der Waals surface area contributed by atoms with E-state index in [1.54, 1.807) is 25.5 Å². The van der Waals surface area contributed by atoms with Crippen LogP contribution >= 0.6 is 27.3 Å². The van der Waals surface area contributed by atoms with Crippen molar-refractivity contribution in [3.05, 3.63) is 31.9 Å². The molecule has 0 bridgehead atoms. The molecule has 0 saturated carbocycles. The molecule has 2 aromatic heterocycles. The molecule has 2 heterocycles. The first-order chi connectivity index (χ1) is 14.6. The first-order valence-corrected chi connectivity index (χ1v) is 11.7. The van der Waals surface area contributed by atoms with E-state index in [0.717, 1.165) is 27.2 Å². The highest BCUT2D eigenvalue weighted by Gasteiger charge is 2.28. The first kappa shape index (κ1) is 25.1. The third-order valence-electron chi connectivity index (χ3n) is 4.67. The number of hydrogen-bond donors (Lipinski definition) is 1. The maximum Gasteiger partial charge on any atom is 0.348 e. The van der Waals surface area contributed by atoms with Gasteiger partial charge in [-0.05, 0) is 55.6 Å². The molecule has 2 rings (SSSR count). The quantitative estimate of drug-likeness (QED) is 0.489. The van der Waals surface area contributed by atoms with Crippen molar-refractivity contribution in [1.29, 1.82) is 0 Å². The highest BCUT2D eigenvalue weighted by atomic mass is 79.9. The zero-order valence-corrected chi connectivity index (χ0v) is 21.0. The summed E-state index contributed by atoms with van der Waals surface area (Å²) in [5, 5.41) is 7.53. The molecule has 2 aromatic rings. The van der Waals surface area contributed by atoms with Gasteiger partial charge in [0.05, 0.1) is 41.4 Å². The number of anilines is 1. The van der Waals surface area contributed by atoms with E-state index in [1.165, 1.54) is 0 Å². The summed E-state index contributed by atoms with van der Waals surface area (Å²) in [6.07, 6.45) is 0.663. The number of carbonyl (C=O) groups is 3. The van der Waals surface area contributed by atoms with Crippen molar-refractivity contribution < 1.29 is 23.9 Å². The molecule has 1 amide bonds. The van der Waals surface area contributed by atoms with E-state index in [2.05, 4.69) is 26.3 Å². The summed E-state index contributed by atoms with van der Waals surface area (Å²) < 4.78 is 13.0. The Balaban J connectivity index is 2.29. The van der Waals surface area contributed by atoms with Crippen LogP contribution in [0.5, 0.6) is 0 Å². The Bertz CT molecular complexity index is 982. The Morgan fingerprint density at radius 1 is 1.16 bits per heavy atom. The standard InChI is InChI=1S/C21H28BrN3O5S/c1-7-9-30-20(27)15-12(4)17(21(28)29-8-2)31-19(15)23-18(26)11(3)10-25-14(6)16(22)13(5)24-25/h11H,7-10H2,1-6H3,(H,23,26). The Morgan fingerprint density at radius 3 is 2.39 bits per heavy atom. The van der Waals surface area contributed by atoms with Gasteiger partial charge in [0, 0.05) is 5.69 Å². The van der Waals surface area contributed by atoms with Crippen LogP contribution in [-0.4, -0.2) is 40.8 Å². The maximum atomic E-state index is 12.9. The number of ether oxygens (including phenoxy) is 2. The summed E-state index contributed by atoms with van der Waals surface area (Å²) in [6, 6.07) is 0. The van der Waals surface area contributed by atoms with Crippen LogP contribution in [0.1, 0.15) is 64.2 Å². The number of rotatable bonds is 9. The Hall–Kier alpha value is -2.20. The number of carbonyl (C=O) groups excluding carboxylic acids is 3. The lowest BCUT2D eigenvalue weighted by Gasteiger charge is -2.14. The van der Waals surface area contributed by atoms with Crippen molar-refractivity contribution in [3.63, 3.8) is 0 Å². The number of amides is 1. The van der Waals surface area contributed by atoms with E-state index >= 15 is 0 Å². The highest BCUT2D eigenvalue weighted by Crippen LogP contribution is 2.35. The zero-order chi connectivity index (χ0) is 23.3. The minimum atomic E-state index is -0.573. The number of aryl methyl sites for hydroxylation is 1. The number of hydrogen-bond acceptors (Lipinski definition) is 7. The summed E-state index contributed by atoms with van der Waals surface area (Å²) in [5.41, 5.74) is 2.41. The van der Waals surface area contributed by atoms with Gasteiger partial charge in [0.2, 0.25) is 5.91 Å². The van der Waals surface area contributed by atoms with Crippen LogP contribution in [0.3, 0.4) is 0 Å². The predicted molar refractivity (Wildman–Crippen MR) is 123 cm³/mol. The third-order valence-corrected chi connectivity index (χ3v) is 7.01. The average molecular weight is 514 g/mol. The first-order valence-electron chi connectivity index (χ1n) is 10.1. The number of halogens is 1. The smallest absolute Gasteiger partial charge is 0.348 e. The molecular formula is C21H28BrN3O5S. The van der Waals surface area contributed by atoms with Crippen molar-refractivity contribution in [2.45, 2.75) is 54.5 Å². The van der Waals surface area contributed by atoms with E-state index < -0.39 is 17.9 Å². The van der Waals surface area contributed by atoms with E-state index in [1.807, 2.05) is 20.8 Å². The average Bonchev–Trinajstić information content (AvgIpc) is 3.17. The molecule has 0 aliphatic rings. The molecule has 1 N–H and O–H groups in total. The second-order valence-electron chi connectivity index (χ2n) is 7.17. The number of esters is 2. The Morgan fingerprint density at radius 2 is 1.84 bits per heavy atom. The molecule has 0 saturated heterocycles. The van der Waals surface area contributed by atoms with Gasteiger partial charge in [0.1, 0.15) is 9.88 Å². The van der Waals surface area contributed by atoms with Crippen molar-refractivity contribution >= 4 is 50.1 Å². The summed E-state index contributed by atoms with van der Waals surface area (Å²) >= 11 is 4.51. The van der Waals surface area contributed by atoms with Gasteiger partial charge in [-0.3, -0.25) is 9.48 Å². The van der Waals surface area contributed by atoms with Crippen LogP contribution in [0.2, 0.25) is 0 Å². The number of thiophene rings is 1. The summed E-state index contributed by atoms with van der Waals surface area (Å²) in [6.45, 7) is 11.7. The summed E-state index contributed by atoms with van der Waals surface area (Å²) in [7, 11) is 0. The van der Waals surface area contributed by atoms with E-state index in [0.29, 0.717) is 18.5 Å². The lowest BCUT2D eigenvalue weighted by atomic mass is 10.1. The fourth-order valence-corrected chi connectivity index (χ4v) is 4.31. The second-order valence-corrected chi connectivity index (χ2v) is 8.99. The largest absolute Gasteiger partial charge is 0.462 e. The molecule has 1 atom stereocenters. The van der Waals surface area contributed by atoms with Gasteiger partial charge in [0.15, 0.2) is 0 Å². The van der Waals surface area contributed by atoms with E-state index in [-0.39, 0.29) is 34.6 Å². The van der Waals surface area contributed by atoms with Gasteiger partial charge in [-0.25, -0.2) is 9.59 Å². The number of nitrogens with one attached hydrogen (secondary N) is 1. The SMILES string of the molecule is CCCOC(=O)c1c(NC(=O)C(C)Cn2nc(C)c(Br)c2C)sc(C(=O)OCC)c1C. The Kier molecular flexibility index (Phi) is 8.81. The monoisotopic (exact) mass is 513 g/mol. The molecule has 0 aromatic carbocycles. The highest BCUT2D eigenvalue weighted by molar-refractivity contribution is 9.10. The fourth-order valence-electron chi connectivity index (χ4n) is 2.94. The molecule has 31 heavy (non-hydrogen) atoms. The van der Waals surface area contributed by atoms with Crippen LogP contribution in [-0.2, 0) is 20.8 Å². The van der Waals surface area contributed by atoms with Crippen molar-refractivity contribution in [3.8, 4) is 0 Å². The topological polar surface area (TPSA) is 99.5 Å². The summed E-state index contributed by atoms with van der Waals surface area (Å²) in [5.74, 6) is -1.82. The molecule has 8 nitrogen and oxygen atoms in total. The number of aromatic nitrogens is 2. The molecule has 0 radical (unpaired) electrons. The van der Waals surface area contributed by atoms with Crippen molar-refractivity contribution in [2.75, 3.05) is 18.5 Å². The van der Waals surface area contributed by atoms with E-state index in [9.17, 15) is 14.4 Å². The van der Waals surface area contributed by atoms with Gasteiger partial charge >= 0.3 is 11.9 Å². The molecule has 1 unspecified atom stereocenters. The molecule has 0 aliphatic carbocycles.